The van der Waals surface area contributed by atoms with Crippen LogP contribution in [0.25, 0.3) is 0 Å². The lowest BCUT2D eigenvalue weighted by Crippen LogP contribution is -2.45. The van der Waals surface area contributed by atoms with E-state index in [0.717, 1.165) is 6.07 Å². The first kappa shape index (κ1) is 18.1. The van der Waals surface area contributed by atoms with E-state index >= 15 is 0 Å². The molecule has 1 aliphatic rings. The molecule has 2 atom stereocenters. The number of carbonyl (C=O) groups excluding carboxylic acids is 1. The molecule has 0 radical (unpaired) electrons. The van der Waals surface area contributed by atoms with Crippen molar-refractivity contribution < 1.29 is 23.0 Å². The van der Waals surface area contributed by atoms with Gasteiger partial charge in [0.1, 0.15) is 24.8 Å². The van der Waals surface area contributed by atoms with E-state index in [1.54, 1.807) is 32.2 Å². The molecule has 1 aliphatic heterocycles. The second-order valence-electron chi connectivity index (χ2n) is 6.24. The average molecular weight is 362 g/mol. The third-order valence-corrected chi connectivity index (χ3v) is 4.48. The first-order valence-corrected chi connectivity index (χ1v) is 8.25. The summed E-state index contributed by atoms with van der Waals surface area (Å²) in [5.41, 5.74) is 7.00. The molecule has 0 spiro atoms. The molecule has 0 fully saturated rings. The molecule has 0 bridgehead atoms. The third-order valence-electron chi connectivity index (χ3n) is 4.48. The highest BCUT2D eigenvalue weighted by Crippen LogP contribution is 2.34. The van der Waals surface area contributed by atoms with Crippen LogP contribution in [0.5, 0.6) is 11.5 Å². The van der Waals surface area contributed by atoms with Crippen molar-refractivity contribution in [2.75, 3.05) is 25.2 Å². The molecule has 0 aliphatic carbocycles. The molecule has 138 valence electrons. The lowest BCUT2D eigenvalue weighted by Gasteiger charge is -2.27. The molecule has 3 rings (SSSR count). The zero-order chi connectivity index (χ0) is 18.8. The zero-order valence-electron chi connectivity index (χ0n) is 14.5. The number of likely N-dealkylation sites (N-methyl/N-ethyl adjacent to an activating group) is 1. The van der Waals surface area contributed by atoms with Crippen LogP contribution in [0.3, 0.4) is 0 Å². The molecule has 1 heterocycles. The normalized spacial score (nSPS) is 15.3. The summed E-state index contributed by atoms with van der Waals surface area (Å²) < 4.78 is 37.9. The molecule has 0 aromatic heterocycles. The molecule has 26 heavy (non-hydrogen) atoms. The highest BCUT2D eigenvalue weighted by atomic mass is 19.1. The number of carbonyl (C=O) groups is 1. The number of nitrogens with zero attached hydrogens (tertiary/aromatic N) is 1. The van der Waals surface area contributed by atoms with Gasteiger partial charge in [-0.25, -0.2) is 8.78 Å². The second-order valence-corrected chi connectivity index (χ2v) is 6.24. The van der Waals surface area contributed by atoms with E-state index in [4.69, 9.17) is 15.2 Å². The van der Waals surface area contributed by atoms with Gasteiger partial charge in [0.05, 0.1) is 6.04 Å². The van der Waals surface area contributed by atoms with Crippen molar-refractivity contribution >= 4 is 11.6 Å². The van der Waals surface area contributed by atoms with Crippen molar-refractivity contribution in [1.82, 2.24) is 0 Å². The van der Waals surface area contributed by atoms with Gasteiger partial charge < -0.3 is 20.1 Å². The van der Waals surface area contributed by atoms with Crippen LogP contribution in [0.2, 0.25) is 0 Å². The molecule has 0 unspecified atom stereocenters. The van der Waals surface area contributed by atoms with E-state index in [1.165, 1.54) is 17.0 Å². The lowest BCUT2D eigenvalue weighted by atomic mass is 9.92. The van der Waals surface area contributed by atoms with E-state index in [0.29, 0.717) is 36.0 Å². The molecule has 2 aromatic rings. The summed E-state index contributed by atoms with van der Waals surface area (Å²) in [6.07, 6.45) is 0. The van der Waals surface area contributed by atoms with Gasteiger partial charge in [-0.15, -0.1) is 0 Å². The minimum Gasteiger partial charge on any atom is -0.486 e. The van der Waals surface area contributed by atoms with Crippen molar-refractivity contribution in [2.24, 2.45) is 5.73 Å². The van der Waals surface area contributed by atoms with Gasteiger partial charge in [-0.1, -0.05) is 6.92 Å². The van der Waals surface area contributed by atoms with Gasteiger partial charge in [0.2, 0.25) is 5.91 Å². The minimum absolute atomic E-state index is 0.332. The van der Waals surface area contributed by atoms with Gasteiger partial charge in [-0.05, 0) is 29.8 Å². The summed E-state index contributed by atoms with van der Waals surface area (Å²) in [5.74, 6) is -1.17. The fourth-order valence-corrected chi connectivity index (χ4v) is 2.85. The Balaban J connectivity index is 1.79. The molecule has 0 saturated heterocycles. The van der Waals surface area contributed by atoms with Gasteiger partial charge in [-0.3, -0.25) is 4.79 Å². The van der Waals surface area contributed by atoms with Gasteiger partial charge in [0.15, 0.2) is 11.5 Å². The first-order valence-electron chi connectivity index (χ1n) is 8.25. The van der Waals surface area contributed by atoms with E-state index < -0.39 is 23.6 Å². The fourth-order valence-electron chi connectivity index (χ4n) is 2.85. The summed E-state index contributed by atoms with van der Waals surface area (Å²) in [4.78, 5) is 14.1. The summed E-state index contributed by atoms with van der Waals surface area (Å²) >= 11 is 0. The average Bonchev–Trinajstić information content (AvgIpc) is 2.64. The number of amides is 1. The van der Waals surface area contributed by atoms with Crippen molar-refractivity contribution in [2.45, 2.75) is 18.9 Å². The van der Waals surface area contributed by atoms with Crippen molar-refractivity contribution in [3.05, 3.63) is 53.6 Å². The maximum atomic E-state index is 13.4. The van der Waals surface area contributed by atoms with Crippen LogP contribution in [0.4, 0.5) is 14.5 Å². The number of benzene rings is 2. The molecular formula is C19H20F2N2O3. The minimum atomic E-state index is -0.964. The number of rotatable bonds is 4. The number of fused-ring (bicyclic) bond motifs is 1. The first-order chi connectivity index (χ1) is 12.4. The summed E-state index contributed by atoms with van der Waals surface area (Å²) in [6, 6.07) is 7.34. The highest BCUT2D eigenvalue weighted by Gasteiger charge is 2.27. The summed E-state index contributed by atoms with van der Waals surface area (Å²) in [6.45, 7) is 2.58. The number of anilines is 1. The Bertz CT molecular complexity index is 808. The van der Waals surface area contributed by atoms with E-state index in [2.05, 4.69) is 0 Å². The Morgan fingerprint density at radius 3 is 2.35 bits per heavy atom. The van der Waals surface area contributed by atoms with E-state index in [-0.39, 0.29) is 5.91 Å². The largest absolute Gasteiger partial charge is 0.486 e. The molecule has 1 amide bonds. The molecule has 2 aromatic carbocycles. The topological polar surface area (TPSA) is 64.8 Å². The van der Waals surface area contributed by atoms with Gasteiger partial charge >= 0.3 is 0 Å². The van der Waals surface area contributed by atoms with Crippen LogP contribution in [-0.4, -0.2) is 32.2 Å². The Morgan fingerprint density at radius 1 is 1.08 bits per heavy atom. The quantitative estimate of drug-likeness (QED) is 0.908. The van der Waals surface area contributed by atoms with Crippen molar-refractivity contribution in [3.63, 3.8) is 0 Å². The van der Waals surface area contributed by atoms with Crippen LogP contribution >= 0.6 is 0 Å². The van der Waals surface area contributed by atoms with Crippen LogP contribution in [0, 0.1) is 11.6 Å². The third kappa shape index (κ3) is 3.62. The fraction of sp³-hybridized carbons (Fsp3) is 0.316. The standard InChI is InChI=1S/C19H20F2N2O3/c1-11(12-7-13(20)9-14(21)8-12)18(22)19(24)23(2)15-3-4-16-17(10-15)26-6-5-25-16/h3-4,7-11,18H,5-6,22H2,1-2H3/t11-,18+/m1/s1. The lowest BCUT2D eigenvalue weighted by molar-refractivity contribution is -0.119. The maximum Gasteiger partial charge on any atom is 0.244 e. The predicted molar refractivity (Wildman–Crippen MR) is 93.6 cm³/mol. The van der Waals surface area contributed by atoms with Gasteiger partial charge in [0, 0.05) is 30.8 Å². The molecule has 2 N–H and O–H groups in total. The van der Waals surface area contributed by atoms with E-state index in [9.17, 15) is 13.6 Å². The van der Waals surface area contributed by atoms with Gasteiger partial charge in [0.25, 0.3) is 0 Å². The van der Waals surface area contributed by atoms with Crippen molar-refractivity contribution in [1.29, 1.82) is 0 Å². The Morgan fingerprint density at radius 2 is 1.69 bits per heavy atom. The smallest absolute Gasteiger partial charge is 0.244 e. The molecule has 0 saturated carbocycles. The van der Waals surface area contributed by atoms with Gasteiger partial charge in [-0.2, -0.15) is 0 Å². The number of nitrogens with two attached hydrogens (primary N) is 1. The Labute approximate surface area is 150 Å². The number of ether oxygens (including phenoxy) is 2. The summed E-state index contributed by atoms with van der Waals surface area (Å²) in [5, 5.41) is 0. The van der Waals surface area contributed by atoms with Crippen LogP contribution < -0.4 is 20.1 Å². The molecule has 7 heteroatoms. The predicted octanol–water partition coefficient (Wildman–Crippen LogP) is 2.83. The summed E-state index contributed by atoms with van der Waals surface area (Å²) in [7, 11) is 1.59. The van der Waals surface area contributed by atoms with E-state index in [1.807, 2.05) is 0 Å². The maximum absolute atomic E-state index is 13.4. The zero-order valence-corrected chi connectivity index (χ0v) is 14.5. The Kier molecular flexibility index (Phi) is 5.08. The Hall–Kier alpha value is -2.67. The molecule has 5 nitrogen and oxygen atoms in total. The number of halogens is 2. The SMILES string of the molecule is C[C@H](c1cc(F)cc(F)c1)[C@H](N)C(=O)N(C)c1ccc2c(c1)OCCO2. The van der Waals surface area contributed by atoms with Crippen molar-refractivity contribution in [3.8, 4) is 11.5 Å². The van der Waals surface area contributed by atoms with Crippen LogP contribution in [0.15, 0.2) is 36.4 Å². The second kappa shape index (κ2) is 7.29. The molecular weight excluding hydrogens is 342 g/mol. The monoisotopic (exact) mass is 362 g/mol. The van der Waals surface area contributed by atoms with Crippen LogP contribution in [0.1, 0.15) is 18.4 Å². The number of hydrogen-bond acceptors (Lipinski definition) is 4. The highest BCUT2D eigenvalue weighted by molar-refractivity contribution is 5.97. The number of hydrogen-bond donors (Lipinski definition) is 1. The van der Waals surface area contributed by atoms with Crippen LogP contribution in [-0.2, 0) is 4.79 Å².